The van der Waals surface area contributed by atoms with E-state index in [-0.39, 0.29) is 10.6 Å². The Morgan fingerprint density at radius 1 is 1.50 bits per heavy atom. The summed E-state index contributed by atoms with van der Waals surface area (Å²) in [5.74, 6) is 0.536. The smallest absolute Gasteiger partial charge is 0.275 e. The van der Waals surface area contributed by atoms with E-state index in [2.05, 4.69) is 17.3 Å². The molecule has 0 radical (unpaired) electrons. The first kappa shape index (κ1) is 14.6. The van der Waals surface area contributed by atoms with Gasteiger partial charge in [-0.25, -0.2) is 0 Å². The van der Waals surface area contributed by atoms with Crippen molar-refractivity contribution in [1.29, 1.82) is 0 Å². The normalized spacial score (nSPS) is 19.6. The van der Waals surface area contributed by atoms with Crippen LogP contribution in [0.1, 0.15) is 19.8 Å². The number of nitrogens with zero attached hydrogens (tertiary/aromatic N) is 2. The first-order chi connectivity index (χ1) is 9.58. The lowest BCUT2D eigenvalue weighted by atomic mass is 10.1. The first-order valence-electron chi connectivity index (χ1n) is 6.96. The molecule has 0 spiro atoms. The van der Waals surface area contributed by atoms with Gasteiger partial charge in [0, 0.05) is 30.4 Å². The first-order valence-corrected chi connectivity index (χ1v) is 6.96. The van der Waals surface area contributed by atoms with Crippen LogP contribution >= 0.6 is 0 Å². The van der Waals surface area contributed by atoms with Gasteiger partial charge < -0.3 is 15.0 Å². The van der Waals surface area contributed by atoms with Gasteiger partial charge in [-0.2, -0.15) is 0 Å². The van der Waals surface area contributed by atoms with Gasteiger partial charge in [0.15, 0.2) is 0 Å². The number of anilines is 1. The molecule has 1 atom stereocenters. The number of hydrogen-bond acceptors (Lipinski definition) is 5. The van der Waals surface area contributed by atoms with Gasteiger partial charge in [-0.05, 0) is 33.4 Å². The Labute approximate surface area is 118 Å². The maximum Gasteiger partial charge on any atom is 0.275 e. The average molecular weight is 279 g/mol. The number of likely N-dealkylation sites (tertiary alicyclic amines) is 1. The van der Waals surface area contributed by atoms with Crippen LogP contribution in [0.25, 0.3) is 0 Å². The summed E-state index contributed by atoms with van der Waals surface area (Å²) in [4.78, 5) is 12.8. The Morgan fingerprint density at radius 3 is 2.95 bits per heavy atom. The average Bonchev–Trinajstić information content (AvgIpc) is 2.38. The number of benzene rings is 1. The maximum absolute atomic E-state index is 11.0. The number of hydrogen-bond donors (Lipinski definition) is 1. The summed E-state index contributed by atoms with van der Waals surface area (Å²) < 4.78 is 5.39. The summed E-state index contributed by atoms with van der Waals surface area (Å²) in [6.45, 7) is 4.42. The van der Waals surface area contributed by atoms with E-state index in [9.17, 15) is 10.1 Å². The van der Waals surface area contributed by atoms with E-state index < -0.39 is 0 Å². The Bertz CT molecular complexity index is 479. The van der Waals surface area contributed by atoms with Crippen LogP contribution in [0.3, 0.4) is 0 Å². The monoisotopic (exact) mass is 279 g/mol. The summed E-state index contributed by atoms with van der Waals surface area (Å²) in [6, 6.07) is 5.18. The van der Waals surface area contributed by atoms with E-state index in [0.717, 1.165) is 31.6 Å². The molecule has 1 aromatic rings. The van der Waals surface area contributed by atoms with Crippen molar-refractivity contribution >= 4 is 11.4 Å². The maximum atomic E-state index is 11.0. The third kappa shape index (κ3) is 3.84. The lowest BCUT2D eigenvalue weighted by Gasteiger charge is -2.30. The SMILES string of the molecule is CCOc1cc(NC2CCCN(C)C2)cc([N+](=O)[O-])c1. The Balaban J connectivity index is 2.14. The van der Waals surface area contributed by atoms with Gasteiger partial charge in [0.1, 0.15) is 5.75 Å². The van der Waals surface area contributed by atoms with Crippen molar-refractivity contribution in [2.45, 2.75) is 25.8 Å². The van der Waals surface area contributed by atoms with Crippen LogP contribution in [0.15, 0.2) is 18.2 Å². The fraction of sp³-hybridized carbons (Fsp3) is 0.571. The van der Waals surface area contributed by atoms with Crippen LogP contribution in [-0.2, 0) is 0 Å². The van der Waals surface area contributed by atoms with Crippen LogP contribution in [-0.4, -0.2) is 42.6 Å². The third-order valence-corrected chi connectivity index (χ3v) is 3.41. The van der Waals surface area contributed by atoms with Gasteiger partial charge in [-0.3, -0.25) is 10.1 Å². The molecule has 1 unspecified atom stereocenters. The number of piperidine rings is 1. The highest BCUT2D eigenvalue weighted by Gasteiger charge is 2.18. The van der Waals surface area contributed by atoms with E-state index in [0.29, 0.717) is 18.4 Å². The molecule has 1 aliphatic heterocycles. The summed E-state index contributed by atoms with van der Waals surface area (Å²) >= 11 is 0. The van der Waals surface area contributed by atoms with E-state index in [1.54, 1.807) is 6.07 Å². The van der Waals surface area contributed by atoms with Gasteiger partial charge >= 0.3 is 0 Å². The Kier molecular flexibility index (Phi) is 4.79. The molecule has 0 aromatic heterocycles. The summed E-state index contributed by atoms with van der Waals surface area (Å²) in [7, 11) is 2.09. The zero-order valence-electron chi connectivity index (χ0n) is 12.0. The summed E-state index contributed by atoms with van der Waals surface area (Å²) in [5, 5.41) is 14.3. The molecule has 1 N–H and O–H groups in total. The number of non-ortho nitro benzene ring substituents is 1. The molecule has 1 aromatic carbocycles. The molecule has 6 nitrogen and oxygen atoms in total. The molecule has 2 rings (SSSR count). The van der Waals surface area contributed by atoms with Crippen LogP contribution in [0, 0.1) is 10.1 Å². The van der Waals surface area contributed by atoms with Gasteiger partial charge in [0.25, 0.3) is 5.69 Å². The minimum atomic E-state index is -0.388. The van der Waals surface area contributed by atoms with E-state index >= 15 is 0 Å². The lowest BCUT2D eigenvalue weighted by molar-refractivity contribution is -0.384. The minimum Gasteiger partial charge on any atom is -0.494 e. The highest BCUT2D eigenvalue weighted by Crippen LogP contribution is 2.27. The molecule has 20 heavy (non-hydrogen) atoms. The van der Waals surface area contributed by atoms with E-state index in [1.807, 2.05) is 13.0 Å². The molecule has 0 bridgehead atoms. The number of nitro groups is 1. The molecule has 0 aliphatic carbocycles. The second-order valence-electron chi connectivity index (χ2n) is 5.15. The van der Waals surface area contributed by atoms with E-state index in [4.69, 9.17) is 4.74 Å². The van der Waals surface area contributed by atoms with Crippen molar-refractivity contribution in [3.63, 3.8) is 0 Å². The zero-order chi connectivity index (χ0) is 14.5. The fourth-order valence-corrected chi connectivity index (χ4v) is 2.54. The number of rotatable bonds is 5. The quantitative estimate of drug-likeness (QED) is 0.662. The van der Waals surface area contributed by atoms with Gasteiger partial charge in [-0.1, -0.05) is 0 Å². The predicted molar refractivity (Wildman–Crippen MR) is 78.4 cm³/mol. The lowest BCUT2D eigenvalue weighted by Crippen LogP contribution is -2.39. The van der Waals surface area contributed by atoms with Gasteiger partial charge in [-0.15, -0.1) is 0 Å². The van der Waals surface area contributed by atoms with Crippen molar-refractivity contribution in [1.82, 2.24) is 4.90 Å². The number of nitro benzene ring substituents is 1. The molecular formula is C14H21N3O3. The molecule has 0 saturated carbocycles. The largest absolute Gasteiger partial charge is 0.494 e. The Morgan fingerprint density at radius 2 is 2.30 bits per heavy atom. The minimum absolute atomic E-state index is 0.0580. The summed E-state index contributed by atoms with van der Waals surface area (Å²) in [5.41, 5.74) is 0.811. The second kappa shape index (κ2) is 6.56. The van der Waals surface area contributed by atoms with Crippen LogP contribution in [0.2, 0.25) is 0 Å². The molecule has 6 heteroatoms. The van der Waals surface area contributed by atoms with Crippen molar-refractivity contribution in [2.24, 2.45) is 0 Å². The zero-order valence-corrected chi connectivity index (χ0v) is 12.0. The van der Waals surface area contributed by atoms with Crippen molar-refractivity contribution < 1.29 is 9.66 Å². The molecule has 1 fully saturated rings. The topological polar surface area (TPSA) is 67.6 Å². The molecule has 1 heterocycles. The Hall–Kier alpha value is -1.82. The van der Waals surface area contributed by atoms with Crippen molar-refractivity contribution in [3.8, 4) is 5.75 Å². The molecule has 1 saturated heterocycles. The number of ether oxygens (including phenoxy) is 1. The highest BCUT2D eigenvalue weighted by atomic mass is 16.6. The fourth-order valence-electron chi connectivity index (χ4n) is 2.54. The highest BCUT2D eigenvalue weighted by molar-refractivity contribution is 5.56. The second-order valence-corrected chi connectivity index (χ2v) is 5.15. The van der Waals surface area contributed by atoms with Crippen LogP contribution in [0.4, 0.5) is 11.4 Å². The van der Waals surface area contributed by atoms with Crippen molar-refractivity contribution in [3.05, 3.63) is 28.3 Å². The van der Waals surface area contributed by atoms with Crippen molar-refractivity contribution in [2.75, 3.05) is 32.1 Å². The van der Waals surface area contributed by atoms with E-state index in [1.165, 1.54) is 6.07 Å². The predicted octanol–water partition coefficient (Wildman–Crippen LogP) is 2.50. The van der Waals surface area contributed by atoms with Crippen LogP contribution in [0.5, 0.6) is 5.75 Å². The molecule has 110 valence electrons. The van der Waals surface area contributed by atoms with Crippen LogP contribution < -0.4 is 10.1 Å². The van der Waals surface area contributed by atoms with Gasteiger partial charge in [0.2, 0.25) is 0 Å². The molecule has 0 amide bonds. The molecular weight excluding hydrogens is 258 g/mol. The standard InChI is InChI=1S/C14H21N3O3/c1-3-20-14-8-12(7-13(9-14)17(18)19)15-11-5-4-6-16(2)10-11/h7-9,11,15H,3-6,10H2,1-2H3. The number of nitrogens with one attached hydrogen (secondary N) is 1. The number of likely N-dealkylation sites (N-methyl/N-ethyl adjacent to an activating group) is 1. The third-order valence-electron chi connectivity index (χ3n) is 3.41. The van der Waals surface area contributed by atoms with Gasteiger partial charge in [0.05, 0.1) is 17.6 Å². The summed E-state index contributed by atoms with van der Waals surface area (Å²) in [6.07, 6.45) is 2.22. The molecule has 1 aliphatic rings.